The number of anilines is 1. The maximum absolute atomic E-state index is 12.8. The second kappa shape index (κ2) is 8.66. The first-order chi connectivity index (χ1) is 12.8. The van der Waals surface area contributed by atoms with E-state index in [-0.39, 0.29) is 11.2 Å². The number of carbonyl (C=O) groups excluding carboxylic acids is 2. The minimum atomic E-state index is -0.455. The Labute approximate surface area is 159 Å². The van der Waals surface area contributed by atoms with Gasteiger partial charge in [0.2, 0.25) is 0 Å². The van der Waals surface area contributed by atoms with Crippen molar-refractivity contribution in [2.24, 2.45) is 0 Å². The van der Waals surface area contributed by atoms with Gasteiger partial charge in [0.15, 0.2) is 0 Å². The molecule has 144 valence electrons. The molecule has 27 heavy (non-hydrogen) atoms. The minimum absolute atomic E-state index is 0.214. The van der Waals surface area contributed by atoms with Gasteiger partial charge in [0, 0.05) is 30.3 Å². The first-order valence-electron chi connectivity index (χ1n) is 9.06. The smallest absolute Gasteiger partial charge is 0.308 e. The third-order valence-electron chi connectivity index (χ3n) is 4.58. The Morgan fingerprint density at radius 2 is 1.89 bits per heavy atom. The van der Waals surface area contributed by atoms with E-state index in [1.807, 2.05) is 13.8 Å². The summed E-state index contributed by atoms with van der Waals surface area (Å²) in [5.74, 6) is -0.539. The number of esters is 1. The highest BCUT2D eigenvalue weighted by atomic mass is 16.5. The van der Waals surface area contributed by atoms with Crippen molar-refractivity contribution in [2.45, 2.75) is 54.0 Å². The second-order valence-electron chi connectivity index (χ2n) is 6.61. The highest BCUT2D eigenvalue weighted by Gasteiger charge is 2.17. The van der Waals surface area contributed by atoms with Crippen molar-refractivity contribution in [3.05, 3.63) is 57.0 Å². The van der Waals surface area contributed by atoms with Gasteiger partial charge in [-0.3, -0.25) is 14.4 Å². The monoisotopic (exact) mass is 370 g/mol. The lowest BCUT2D eigenvalue weighted by molar-refractivity contribution is -0.131. The molecule has 0 atom stereocenters. The fourth-order valence-electron chi connectivity index (χ4n) is 2.88. The Bertz CT molecular complexity index is 929. The third kappa shape index (κ3) is 4.64. The van der Waals surface area contributed by atoms with E-state index in [9.17, 15) is 14.4 Å². The summed E-state index contributed by atoms with van der Waals surface area (Å²) in [5, 5.41) is 2.72. The molecule has 0 radical (unpaired) electrons. The zero-order valence-electron chi connectivity index (χ0n) is 16.5. The van der Waals surface area contributed by atoms with E-state index in [0.29, 0.717) is 23.4 Å². The molecule has 2 aromatic rings. The molecule has 1 aromatic heterocycles. The van der Waals surface area contributed by atoms with E-state index in [4.69, 9.17) is 4.74 Å². The van der Waals surface area contributed by atoms with Crippen molar-refractivity contribution < 1.29 is 14.3 Å². The van der Waals surface area contributed by atoms with Crippen molar-refractivity contribution in [3.8, 4) is 5.75 Å². The normalized spacial score (nSPS) is 10.6. The number of nitrogens with one attached hydrogen (secondary N) is 1. The van der Waals surface area contributed by atoms with Gasteiger partial charge in [-0.05, 0) is 51.0 Å². The zero-order valence-corrected chi connectivity index (χ0v) is 16.5. The molecule has 0 aliphatic carbocycles. The van der Waals surface area contributed by atoms with E-state index in [2.05, 4.69) is 12.2 Å². The number of aromatic nitrogens is 1. The average Bonchev–Trinajstić information content (AvgIpc) is 2.61. The Balaban J connectivity index is 2.38. The number of rotatable bonds is 6. The molecule has 6 nitrogen and oxygen atoms in total. The maximum Gasteiger partial charge on any atom is 0.308 e. The summed E-state index contributed by atoms with van der Waals surface area (Å²) in [6, 6.07) is 6.60. The number of pyridine rings is 1. The predicted octanol–water partition coefficient (Wildman–Crippen LogP) is 3.75. The van der Waals surface area contributed by atoms with Gasteiger partial charge in [-0.15, -0.1) is 0 Å². The molecule has 0 saturated carbocycles. The van der Waals surface area contributed by atoms with Crippen LogP contribution in [0.25, 0.3) is 0 Å². The molecule has 0 aliphatic heterocycles. The number of amides is 1. The van der Waals surface area contributed by atoms with Crippen molar-refractivity contribution in [3.63, 3.8) is 0 Å². The van der Waals surface area contributed by atoms with Crippen LogP contribution in [0.1, 0.15) is 53.9 Å². The van der Waals surface area contributed by atoms with Crippen LogP contribution in [0.3, 0.4) is 0 Å². The number of hydrogen-bond acceptors (Lipinski definition) is 4. The number of hydrogen-bond donors (Lipinski definition) is 1. The number of nitrogens with zero attached hydrogens (tertiary/aromatic N) is 1. The Morgan fingerprint density at radius 1 is 1.19 bits per heavy atom. The van der Waals surface area contributed by atoms with Crippen molar-refractivity contribution in [1.29, 1.82) is 0 Å². The van der Waals surface area contributed by atoms with Gasteiger partial charge < -0.3 is 14.6 Å². The molecule has 0 bridgehead atoms. The van der Waals surface area contributed by atoms with Crippen LogP contribution in [0, 0.1) is 20.8 Å². The Kier molecular flexibility index (Phi) is 6.55. The maximum atomic E-state index is 12.8. The van der Waals surface area contributed by atoms with Gasteiger partial charge in [-0.25, -0.2) is 0 Å². The Hall–Kier alpha value is -2.89. The number of benzene rings is 1. The number of carbonyl (C=O) groups is 2. The minimum Gasteiger partial charge on any atom is -0.426 e. The average molecular weight is 370 g/mol. The molecular formula is C21H26N2O4. The van der Waals surface area contributed by atoms with E-state index >= 15 is 0 Å². The highest BCUT2D eigenvalue weighted by Crippen LogP contribution is 2.22. The van der Waals surface area contributed by atoms with E-state index < -0.39 is 11.9 Å². The lowest BCUT2D eigenvalue weighted by atomic mass is 10.1. The van der Waals surface area contributed by atoms with Gasteiger partial charge in [-0.2, -0.15) is 0 Å². The number of ether oxygens (including phenoxy) is 1. The van der Waals surface area contributed by atoms with E-state index in [0.717, 1.165) is 24.1 Å². The van der Waals surface area contributed by atoms with Gasteiger partial charge in [0.1, 0.15) is 11.4 Å². The van der Waals surface area contributed by atoms with E-state index in [1.54, 1.807) is 35.8 Å². The van der Waals surface area contributed by atoms with Crippen LogP contribution >= 0.6 is 0 Å². The summed E-state index contributed by atoms with van der Waals surface area (Å²) in [4.78, 5) is 36.7. The molecule has 0 aliphatic rings. The molecular weight excluding hydrogens is 344 g/mol. The molecule has 2 rings (SSSR count). The molecule has 0 saturated heterocycles. The van der Waals surface area contributed by atoms with Gasteiger partial charge in [0.05, 0.1) is 0 Å². The lowest BCUT2D eigenvalue weighted by Crippen LogP contribution is -2.28. The van der Waals surface area contributed by atoms with Crippen LogP contribution < -0.4 is 15.6 Å². The molecule has 1 amide bonds. The summed E-state index contributed by atoms with van der Waals surface area (Å²) < 4.78 is 6.83. The first kappa shape index (κ1) is 20.4. The van der Waals surface area contributed by atoms with Gasteiger partial charge >= 0.3 is 5.97 Å². The molecule has 0 spiro atoms. The first-order valence-corrected chi connectivity index (χ1v) is 9.06. The largest absolute Gasteiger partial charge is 0.426 e. The summed E-state index contributed by atoms with van der Waals surface area (Å²) in [6.07, 6.45) is 1.87. The molecule has 0 unspecified atom stereocenters. The van der Waals surface area contributed by atoms with Gasteiger partial charge in [-0.1, -0.05) is 19.4 Å². The number of unbranched alkanes of at least 4 members (excludes halogenated alkanes) is 1. The van der Waals surface area contributed by atoms with E-state index in [1.165, 1.54) is 6.92 Å². The molecule has 1 N–H and O–H groups in total. The van der Waals surface area contributed by atoms with Crippen LogP contribution in [0.4, 0.5) is 5.69 Å². The molecule has 0 fully saturated rings. The van der Waals surface area contributed by atoms with Crippen molar-refractivity contribution >= 4 is 17.6 Å². The summed E-state index contributed by atoms with van der Waals surface area (Å²) in [6.45, 7) is 9.52. The van der Waals surface area contributed by atoms with Crippen molar-refractivity contribution in [2.75, 3.05) is 5.32 Å². The second-order valence-corrected chi connectivity index (χ2v) is 6.61. The summed E-state index contributed by atoms with van der Waals surface area (Å²) in [5.41, 5.74) is 2.77. The van der Waals surface area contributed by atoms with Crippen LogP contribution in [0.15, 0.2) is 29.1 Å². The predicted molar refractivity (Wildman–Crippen MR) is 106 cm³/mol. The molecule has 6 heteroatoms. The van der Waals surface area contributed by atoms with Gasteiger partial charge in [0.25, 0.3) is 11.5 Å². The van der Waals surface area contributed by atoms with Crippen LogP contribution in [0.5, 0.6) is 5.75 Å². The highest BCUT2D eigenvalue weighted by molar-refractivity contribution is 6.05. The SMILES string of the molecule is CCCCn1c(C)c(C)cc(NC(=O)c2cccc(OC(C)=O)c2C)c1=O. The fraction of sp³-hybridized carbons (Fsp3) is 0.381. The van der Waals surface area contributed by atoms with Crippen LogP contribution in [-0.2, 0) is 11.3 Å². The van der Waals surface area contributed by atoms with Crippen molar-refractivity contribution in [1.82, 2.24) is 4.57 Å². The summed E-state index contributed by atoms with van der Waals surface area (Å²) in [7, 11) is 0. The quantitative estimate of drug-likeness (QED) is 0.620. The van der Waals surface area contributed by atoms with Crippen LogP contribution in [0.2, 0.25) is 0 Å². The third-order valence-corrected chi connectivity index (χ3v) is 4.58. The molecule has 1 heterocycles. The standard InChI is InChI=1S/C21H26N2O4/c1-6-7-11-23-15(4)13(2)12-18(21(23)26)22-20(25)17-9-8-10-19(14(17)3)27-16(5)24/h8-10,12H,6-7,11H2,1-5H3,(H,22,25). The Morgan fingerprint density at radius 3 is 2.52 bits per heavy atom. The molecule has 1 aromatic carbocycles. The van der Waals surface area contributed by atoms with Crippen LogP contribution in [-0.4, -0.2) is 16.4 Å². The zero-order chi connectivity index (χ0) is 20.1. The lowest BCUT2D eigenvalue weighted by Gasteiger charge is -2.16. The summed E-state index contributed by atoms with van der Waals surface area (Å²) >= 11 is 0. The topological polar surface area (TPSA) is 77.4 Å². The fourth-order valence-corrected chi connectivity index (χ4v) is 2.88. The number of aryl methyl sites for hydroxylation is 1.